The number of carbonyl (C=O) groups excluding carboxylic acids is 2. The molecule has 2 aromatic heterocycles. The molecule has 2 amide bonds. The van der Waals surface area contributed by atoms with Gasteiger partial charge in [-0.3, -0.25) is 20.4 Å². The van der Waals surface area contributed by atoms with Crippen molar-refractivity contribution in [3.8, 4) is 11.6 Å². The van der Waals surface area contributed by atoms with Gasteiger partial charge in [-0.25, -0.2) is 9.97 Å². The molecule has 0 fully saturated rings. The van der Waals surface area contributed by atoms with Crippen molar-refractivity contribution >= 4 is 34.3 Å². The third-order valence-corrected chi connectivity index (χ3v) is 5.45. The lowest BCUT2D eigenvalue weighted by molar-refractivity contribution is -0.121. The average Bonchev–Trinajstić information content (AvgIpc) is 3.32. The van der Waals surface area contributed by atoms with Crippen molar-refractivity contribution < 1.29 is 14.0 Å². The Hall–Kier alpha value is -3.65. The molecule has 0 saturated carbocycles. The lowest BCUT2D eigenvalue weighted by atomic mass is 10.0. The Morgan fingerprint density at radius 3 is 2.58 bits per heavy atom. The first-order valence-electron chi connectivity index (χ1n) is 9.59. The van der Waals surface area contributed by atoms with E-state index in [0.29, 0.717) is 27.9 Å². The van der Waals surface area contributed by atoms with Gasteiger partial charge in [0.25, 0.3) is 5.91 Å². The van der Waals surface area contributed by atoms with Gasteiger partial charge < -0.3 is 4.42 Å². The Labute approximate surface area is 183 Å². The molecule has 0 atom stereocenters. The van der Waals surface area contributed by atoms with E-state index >= 15 is 0 Å². The van der Waals surface area contributed by atoms with Gasteiger partial charge >= 0.3 is 0 Å². The third kappa shape index (κ3) is 4.44. The van der Waals surface area contributed by atoms with Crippen LogP contribution in [0.4, 0.5) is 0 Å². The van der Waals surface area contributed by atoms with E-state index in [1.54, 1.807) is 25.3 Å². The molecule has 0 unspecified atom stereocenters. The molecule has 0 spiro atoms. The first-order valence-corrected chi connectivity index (χ1v) is 10.8. The fraction of sp³-hybridized carbons (Fsp3) is 0.130. The van der Waals surface area contributed by atoms with Crippen molar-refractivity contribution in [2.45, 2.75) is 18.4 Å². The Morgan fingerprint density at radius 1 is 1.00 bits per heavy atom. The first-order chi connectivity index (χ1) is 15.1. The molecule has 8 heteroatoms. The highest BCUT2D eigenvalue weighted by molar-refractivity contribution is 7.98. The number of hydrogen-bond acceptors (Lipinski definition) is 6. The molecule has 4 rings (SSSR count). The summed E-state index contributed by atoms with van der Waals surface area (Å²) >= 11 is 1.32. The van der Waals surface area contributed by atoms with Gasteiger partial charge in [0.2, 0.25) is 5.91 Å². The lowest BCUT2D eigenvalue weighted by Gasteiger charge is -2.13. The third-order valence-electron chi connectivity index (χ3n) is 4.77. The number of rotatable bonds is 5. The van der Waals surface area contributed by atoms with Crippen molar-refractivity contribution in [2.24, 2.45) is 0 Å². The summed E-state index contributed by atoms with van der Waals surface area (Å²) in [5.41, 5.74) is 6.67. The average molecular weight is 433 g/mol. The van der Waals surface area contributed by atoms with E-state index in [-0.39, 0.29) is 12.3 Å². The van der Waals surface area contributed by atoms with Crippen LogP contribution in [0.3, 0.4) is 0 Å². The number of nitrogens with one attached hydrogen (secondary N) is 2. The number of carbonyl (C=O) groups is 2. The largest absolute Gasteiger partial charge is 0.461 e. The van der Waals surface area contributed by atoms with Crippen molar-refractivity contribution in [1.29, 1.82) is 0 Å². The molecular weight excluding hydrogens is 412 g/mol. The van der Waals surface area contributed by atoms with E-state index in [9.17, 15) is 9.59 Å². The highest BCUT2D eigenvalue weighted by Gasteiger charge is 2.20. The Morgan fingerprint density at radius 2 is 1.81 bits per heavy atom. The molecule has 31 heavy (non-hydrogen) atoms. The second-order valence-corrected chi connectivity index (χ2v) is 7.61. The number of fused-ring (bicyclic) bond motifs is 1. The van der Waals surface area contributed by atoms with Crippen LogP contribution >= 0.6 is 11.8 Å². The predicted octanol–water partition coefficient (Wildman–Crippen LogP) is 3.92. The number of amides is 2. The van der Waals surface area contributed by atoms with Gasteiger partial charge in [0.05, 0.1) is 23.9 Å². The molecule has 4 aromatic rings. The molecule has 0 bridgehead atoms. The van der Waals surface area contributed by atoms with Crippen LogP contribution in [0.25, 0.3) is 22.4 Å². The number of benzene rings is 2. The van der Waals surface area contributed by atoms with Crippen LogP contribution in [-0.4, -0.2) is 28.0 Å². The van der Waals surface area contributed by atoms with Crippen LogP contribution in [0.5, 0.6) is 0 Å². The van der Waals surface area contributed by atoms with E-state index in [1.807, 2.05) is 48.7 Å². The van der Waals surface area contributed by atoms with Gasteiger partial charge in [-0.05, 0) is 41.6 Å². The second-order valence-electron chi connectivity index (χ2n) is 6.81. The summed E-state index contributed by atoms with van der Waals surface area (Å²) in [5, 5.41) is 2.57. The van der Waals surface area contributed by atoms with E-state index in [4.69, 9.17) is 4.42 Å². The van der Waals surface area contributed by atoms with Crippen molar-refractivity contribution in [1.82, 2.24) is 20.8 Å². The summed E-state index contributed by atoms with van der Waals surface area (Å²) in [7, 11) is 0. The minimum Gasteiger partial charge on any atom is -0.461 e. The van der Waals surface area contributed by atoms with Gasteiger partial charge in [-0.15, -0.1) is 11.8 Å². The summed E-state index contributed by atoms with van der Waals surface area (Å²) in [5.74, 6) is 0.137. The molecule has 156 valence electrons. The molecule has 0 aliphatic rings. The predicted molar refractivity (Wildman–Crippen MR) is 120 cm³/mol. The van der Waals surface area contributed by atoms with Crippen LogP contribution in [0.2, 0.25) is 0 Å². The standard InChI is InChI=1S/C23H20N4O3S/c1-14-20(23(31-2)25-21(24-14)18-11-6-12-30-18)22(29)27-26-19(28)13-16-9-5-8-15-7-3-4-10-17(15)16/h3-12H,13H2,1-2H3,(H,26,28)(H,27,29). The van der Waals surface area contributed by atoms with Crippen LogP contribution in [-0.2, 0) is 11.2 Å². The maximum absolute atomic E-state index is 12.8. The molecule has 0 radical (unpaired) electrons. The van der Waals surface area contributed by atoms with Crippen LogP contribution < -0.4 is 10.9 Å². The molecule has 0 aliphatic heterocycles. The topological polar surface area (TPSA) is 97.1 Å². The zero-order valence-corrected chi connectivity index (χ0v) is 17.8. The normalized spacial score (nSPS) is 10.8. The summed E-state index contributed by atoms with van der Waals surface area (Å²) in [6, 6.07) is 17.2. The number of furan rings is 1. The molecule has 7 nitrogen and oxygen atoms in total. The van der Waals surface area contributed by atoms with Crippen molar-refractivity contribution in [2.75, 3.05) is 6.26 Å². The van der Waals surface area contributed by atoms with Gasteiger partial charge in [-0.1, -0.05) is 42.5 Å². The van der Waals surface area contributed by atoms with Crippen LogP contribution in [0.15, 0.2) is 70.3 Å². The molecule has 0 saturated heterocycles. The fourth-order valence-electron chi connectivity index (χ4n) is 3.32. The van der Waals surface area contributed by atoms with Crippen molar-refractivity contribution in [3.05, 3.63) is 77.7 Å². The summed E-state index contributed by atoms with van der Waals surface area (Å²) in [4.78, 5) is 34.0. The molecule has 2 aromatic carbocycles. The number of hydrogen-bond donors (Lipinski definition) is 2. The Balaban J connectivity index is 1.47. The Bertz CT molecular complexity index is 1250. The van der Waals surface area contributed by atoms with Gasteiger partial charge in [0, 0.05) is 0 Å². The summed E-state index contributed by atoms with van der Waals surface area (Å²) in [6.45, 7) is 1.72. The first kappa shape index (κ1) is 20.6. The number of hydrazine groups is 1. The second kappa shape index (κ2) is 9.01. The maximum atomic E-state index is 12.8. The van der Waals surface area contributed by atoms with Crippen LogP contribution in [0.1, 0.15) is 21.6 Å². The number of nitrogens with zero attached hydrogens (tertiary/aromatic N) is 2. The number of aromatic nitrogens is 2. The van der Waals surface area contributed by atoms with Gasteiger partial charge in [-0.2, -0.15) is 0 Å². The smallest absolute Gasteiger partial charge is 0.274 e. The minimum atomic E-state index is -0.473. The molecule has 0 aliphatic carbocycles. The molecule has 2 N–H and O–H groups in total. The lowest BCUT2D eigenvalue weighted by Crippen LogP contribution is -2.43. The van der Waals surface area contributed by atoms with E-state index in [1.165, 1.54) is 11.8 Å². The van der Waals surface area contributed by atoms with Crippen LogP contribution in [0, 0.1) is 6.92 Å². The van der Waals surface area contributed by atoms with Crippen molar-refractivity contribution in [3.63, 3.8) is 0 Å². The highest BCUT2D eigenvalue weighted by atomic mass is 32.2. The zero-order valence-electron chi connectivity index (χ0n) is 17.0. The number of aryl methyl sites for hydroxylation is 1. The zero-order chi connectivity index (χ0) is 21.8. The summed E-state index contributed by atoms with van der Waals surface area (Å²) < 4.78 is 5.35. The van der Waals surface area contributed by atoms with E-state index < -0.39 is 5.91 Å². The summed E-state index contributed by atoms with van der Waals surface area (Å²) in [6.07, 6.45) is 3.51. The minimum absolute atomic E-state index is 0.143. The molecule has 2 heterocycles. The van der Waals surface area contributed by atoms with Gasteiger partial charge in [0.1, 0.15) is 5.03 Å². The highest BCUT2D eigenvalue weighted by Crippen LogP contribution is 2.25. The SMILES string of the molecule is CSc1nc(-c2ccco2)nc(C)c1C(=O)NNC(=O)Cc1cccc2ccccc12. The van der Waals surface area contributed by atoms with E-state index in [2.05, 4.69) is 20.8 Å². The Kier molecular flexibility index (Phi) is 5.99. The van der Waals surface area contributed by atoms with E-state index in [0.717, 1.165) is 16.3 Å². The van der Waals surface area contributed by atoms with Gasteiger partial charge in [0.15, 0.2) is 11.6 Å². The number of thioether (sulfide) groups is 1. The fourth-order valence-corrected chi connectivity index (χ4v) is 3.95. The molecular formula is C23H20N4O3S. The monoisotopic (exact) mass is 432 g/mol. The quantitative estimate of drug-likeness (QED) is 0.282. The maximum Gasteiger partial charge on any atom is 0.274 e.